The fourth-order valence-electron chi connectivity index (χ4n) is 2.13. The summed E-state index contributed by atoms with van der Waals surface area (Å²) in [5.41, 5.74) is 0.554. The van der Waals surface area contributed by atoms with Crippen LogP contribution in [0.15, 0.2) is 43.5 Å². The number of Topliss-reactive ketones (excluding diaryl/α,β-unsaturated/α-hetero) is 1. The van der Waals surface area contributed by atoms with Crippen molar-refractivity contribution in [2.24, 2.45) is 0 Å². The number of benzene rings is 1. The van der Waals surface area contributed by atoms with Crippen molar-refractivity contribution in [1.29, 1.82) is 0 Å². The Kier molecular flexibility index (Phi) is 8.08. The molecule has 0 aliphatic heterocycles. The predicted molar refractivity (Wildman–Crippen MR) is 91.3 cm³/mol. The largest absolute Gasteiger partial charge is 0.493 e. The standard InChI is InChI=1S/C18H25NO4/c1-5-9-19(10-6-2)12-16(21)13-23-17-8-7-15(14(3)20)11-18(17)22-4/h5-8,11,16,21H,1-2,9-10,12-13H2,3-4H3/t16-/m1/s1. The highest BCUT2D eigenvalue weighted by Gasteiger charge is 2.13. The Hall–Kier alpha value is -2.11. The lowest BCUT2D eigenvalue weighted by molar-refractivity contribution is 0.0743. The molecule has 0 saturated carbocycles. The molecule has 1 aromatic rings. The van der Waals surface area contributed by atoms with E-state index < -0.39 is 6.10 Å². The molecule has 1 atom stereocenters. The lowest BCUT2D eigenvalue weighted by Gasteiger charge is -2.22. The van der Waals surface area contributed by atoms with Gasteiger partial charge in [0.15, 0.2) is 17.3 Å². The average Bonchev–Trinajstić information content (AvgIpc) is 2.53. The van der Waals surface area contributed by atoms with Gasteiger partial charge in [0.2, 0.25) is 0 Å². The molecule has 0 unspecified atom stereocenters. The maximum absolute atomic E-state index is 11.4. The van der Waals surface area contributed by atoms with E-state index in [2.05, 4.69) is 13.2 Å². The van der Waals surface area contributed by atoms with E-state index in [9.17, 15) is 9.90 Å². The van der Waals surface area contributed by atoms with Crippen LogP contribution >= 0.6 is 0 Å². The molecule has 5 heteroatoms. The van der Waals surface area contributed by atoms with Gasteiger partial charge in [0.25, 0.3) is 0 Å². The van der Waals surface area contributed by atoms with Gasteiger partial charge >= 0.3 is 0 Å². The van der Waals surface area contributed by atoms with Crippen LogP contribution < -0.4 is 9.47 Å². The van der Waals surface area contributed by atoms with Crippen LogP contribution in [0.5, 0.6) is 11.5 Å². The minimum absolute atomic E-state index is 0.0422. The van der Waals surface area contributed by atoms with Crippen molar-refractivity contribution in [3.63, 3.8) is 0 Å². The zero-order valence-corrected chi connectivity index (χ0v) is 13.8. The van der Waals surface area contributed by atoms with Crippen LogP contribution in [-0.4, -0.2) is 55.2 Å². The highest BCUT2D eigenvalue weighted by molar-refractivity contribution is 5.94. The minimum atomic E-state index is -0.660. The molecule has 0 heterocycles. The van der Waals surface area contributed by atoms with Gasteiger partial charge in [0.05, 0.1) is 7.11 Å². The van der Waals surface area contributed by atoms with E-state index in [1.54, 1.807) is 30.4 Å². The molecule has 5 nitrogen and oxygen atoms in total. The predicted octanol–water partition coefficient (Wildman–Crippen LogP) is 2.31. The van der Waals surface area contributed by atoms with Crippen molar-refractivity contribution in [2.75, 3.05) is 33.4 Å². The first-order valence-electron chi connectivity index (χ1n) is 7.45. The number of hydrogen-bond donors (Lipinski definition) is 1. The van der Waals surface area contributed by atoms with E-state index in [-0.39, 0.29) is 12.4 Å². The highest BCUT2D eigenvalue weighted by atomic mass is 16.5. The van der Waals surface area contributed by atoms with E-state index in [1.807, 2.05) is 4.90 Å². The third-order valence-corrected chi connectivity index (χ3v) is 3.24. The summed E-state index contributed by atoms with van der Waals surface area (Å²) >= 11 is 0. The number of aliphatic hydroxyl groups excluding tert-OH is 1. The minimum Gasteiger partial charge on any atom is -0.493 e. The summed E-state index contributed by atoms with van der Waals surface area (Å²) in [5.74, 6) is 0.925. The van der Waals surface area contributed by atoms with Gasteiger partial charge < -0.3 is 14.6 Å². The Morgan fingerprint density at radius 3 is 2.48 bits per heavy atom. The van der Waals surface area contributed by atoms with E-state index in [0.717, 1.165) is 0 Å². The lowest BCUT2D eigenvalue weighted by atomic mass is 10.1. The van der Waals surface area contributed by atoms with Crippen molar-refractivity contribution >= 4 is 5.78 Å². The first-order valence-corrected chi connectivity index (χ1v) is 7.45. The van der Waals surface area contributed by atoms with Crippen molar-refractivity contribution in [2.45, 2.75) is 13.0 Å². The molecule has 126 valence electrons. The highest BCUT2D eigenvalue weighted by Crippen LogP contribution is 2.28. The van der Waals surface area contributed by atoms with Gasteiger partial charge in [-0.25, -0.2) is 0 Å². The molecule has 1 N–H and O–H groups in total. The Balaban J connectivity index is 2.64. The monoisotopic (exact) mass is 319 g/mol. The number of ether oxygens (including phenoxy) is 2. The summed E-state index contributed by atoms with van der Waals surface area (Å²) in [7, 11) is 1.51. The van der Waals surface area contributed by atoms with Crippen LogP contribution in [0, 0.1) is 0 Å². The third kappa shape index (κ3) is 6.26. The summed E-state index contributed by atoms with van der Waals surface area (Å²) in [6.45, 7) is 10.8. The number of nitrogens with zero attached hydrogens (tertiary/aromatic N) is 1. The Morgan fingerprint density at radius 1 is 1.30 bits per heavy atom. The quantitative estimate of drug-likeness (QED) is 0.501. The summed E-state index contributed by atoms with van der Waals surface area (Å²) in [4.78, 5) is 13.4. The number of hydrogen-bond acceptors (Lipinski definition) is 5. The average molecular weight is 319 g/mol. The number of ketones is 1. The molecule has 0 fully saturated rings. The van der Waals surface area contributed by atoms with Gasteiger partial charge in [-0.15, -0.1) is 13.2 Å². The number of rotatable bonds is 11. The maximum atomic E-state index is 11.4. The zero-order chi connectivity index (χ0) is 17.2. The molecule has 0 spiro atoms. The van der Waals surface area contributed by atoms with Crippen LogP contribution in [0.2, 0.25) is 0 Å². The first kappa shape index (κ1) is 18.9. The molecule has 1 rings (SSSR count). The molecule has 0 aromatic heterocycles. The van der Waals surface area contributed by atoms with Gasteiger partial charge in [-0.1, -0.05) is 12.2 Å². The molecule has 0 radical (unpaired) electrons. The van der Waals surface area contributed by atoms with Crippen molar-refractivity contribution in [3.8, 4) is 11.5 Å². The molecule has 0 bridgehead atoms. The second-order valence-corrected chi connectivity index (χ2v) is 5.18. The topological polar surface area (TPSA) is 59.0 Å². The summed E-state index contributed by atoms with van der Waals surface area (Å²) in [5, 5.41) is 10.1. The van der Waals surface area contributed by atoms with E-state index in [1.165, 1.54) is 14.0 Å². The summed E-state index contributed by atoms with van der Waals surface area (Å²) < 4.78 is 10.8. The third-order valence-electron chi connectivity index (χ3n) is 3.24. The van der Waals surface area contributed by atoms with E-state index in [0.29, 0.717) is 36.7 Å². The molecule has 0 amide bonds. The Labute approximate surface area is 137 Å². The Bertz CT molecular complexity index is 532. The Morgan fingerprint density at radius 2 is 1.96 bits per heavy atom. The molecular formula is C18H25NO4. The second-order valence-electron chi connectivity index (χ2n) is 5.18. The SMILES string of the molecule is C=CCN(CC=C)C[C@@H](O)COc1ccc(C(C)=O)cc1OC. The first-order chi connectivity index (χ1) is 11.0. The van der Waals surface area contributed by atoms with Gasteiger partial charge in [-0.2, -0.15) is 0 Å². The second kappa shape index (κ2) is 9.82. The normalized spacial score (nSPS) is 11.8. The van der Waals surface area contributed by atoms with Gasteiger partial charge in [0, 0.05) is 25.2 Å². The van der Waals surface area contributed by atoms with Crippen molar-refractivity contribution < 1.29 is 19.4 Å². The van der Waals surface area contributed by atoms with Crippen molar-refractivity contribution in [1.82, 2.24) is 4.90 Å². The van der Waals surface area contributed by atoms with E-state index >= 15 is 0 Å². The van der Waals surface area contributed by atoms with Crippen LogP contribution in [-0.2, 0) is 0 Å². The number of carbonyl (C=O) groups is 1. The molecule has 23 heavy (non-hydrogen) atoms. The molecule has 0 aliphatic carbocycles. The molecule has 1 aromatic carbocycles. The number of methoxy groups -OCH3 is 1. The molecular weight excluding hydrogens is 294 g/mol. The zero-order valence-electron chi connectivity index (χ0n) is 13.8. The van der Waals surface area contributed by atoms with Crippen LogP contribution in [0.25, 0.3) is 0 Å². The fraction of sp³-hybridized carbons (Fsp3) is 0.389. The van der Waals surface area contributed by atoms with Crippen LogP contribution in [0.4, 0.5) is 0 Å². The smallest absolute Gasteiger partial charge is 0.161 e. The maximum Gasteiger partial charge on any atom is 0.161 e. The number of carbonyl (C=O) groups excluding carboxylic acids is 1. The van der Waals surface area contributed by atoms with Crippen LogP contribution in [0.1, 0.15) is 17.3 Å². The fourth-order valence-corrected chi connectivity index (χ4v) is 2.13. The summed E-state index contributed by atoms with van der Waals surface area (Å²) in [6.07, 6.45) is 2.90. The molecule has 0 aliphatic rings. The molecule has 0 saturated heterocycles. The van der Waals surface area contributed by atoms with E-state index in [4.69, 9.17) is 9.47 Å². The van der Waals surface area contributed by atoms with Crippen LogP contribution in [0.3, 0.4) is 0 Å². The summed E-state index contributed by atoms with van der Waals surface area (Å²) in [6, 6.07) is 4.98. The van der Waals surface area contributed by atoms with Crippen molar-refractivity contribution in [3.05, 3.63) is 49.1 Å². The van der Waals surface area contributed by atoms with Gasteiger partial charge in [-0.3, -0.25) is 9.69 Å². The number of aliphatic hydroxyl groups is 1. The van der Waals surface area contributed by atoms with Gasteiger partial charge in [0.1, 0.15) is 12.7 Å². The lowest BCUT2D eigenvalue weighted by Crippen LogP contribution is -2.35. The van der Waals surface area contributed by atoms with Gasteiger partial charge in [-0.05, 0) is 25.1 Å².